The van der Waals surface area contributed by atoms with Crippen molar-refractivity contribution in [2.24, 2.45) is 5.73 Å². The molecule has 1 aliphatic heterocycles. The van der Waals surface area contributed by atoms with Crippen molar-refractivity contribution in [2.45, 2.75) is 37.8 Å². The van der Waals surface area contributed by atoms with Crippen molar-refractivity contribution in [2.75, 3.05) is 26.8 Å². The molecule has 0 aliphatic carbocycles. The van der Waals surface area contributed by atoms with Gasteiger partial charge in [-0.05, 0) is 25.8 Å². The van der Waals surface area contributed by atoms with Crippen LogP contribution in [0.15, 0.2) is 0 Å². The number of hydrogen-bond donors (Lipinski definition) is 3. The van der Waals surface area contributed by atoms with Gasteiger partial charge in [-0.1, -0.05) is 0 Å². The first kappa shape index (κ1) is 17.6. The fraction of sp³-hybridized carbons (Fsp3) is 0.909. The molecule has 4 N–H and O–H groups in total. The zero-order chi connectivity index (χ0) is 15.2. The molecule has 118 valence electrons. The van der Waals surface area contributed by atoms with E-state index in [0.717, 1.165) is 13.5 Å². The number of phosphoric acid groups is 1. The Bertz CT molecular complexity index is 367. The number of hydrogen-bond acceptors (Lipinski definition) is 6. The molecule has 1 amide bonds. The summed E-state index contributed by atoms with van der Waals surface area (Å²) in [5.74, 6) is -0.103. The number of β-amino-alcohol motifs (C(OH)–C–C–N with tert-alkyl or cyclic N) is 1. The lowest BCUT2D eigenvalue weighted by Crippen LogP contribution is -2.38. The fourth-order valence-corrected chi connectivity index (χ4v) is 2.62. The van der Waals surface area contributed by atoms with Crippen LogP contribution in [-0.4, -0.2) is 59.8 Å². The Morgan fingerprint density at radius 2 is 2.20 bits per heavy atom. The van der Waals surface area contributed by atoms with E-state index in [9.17, 15) is 19.4 Å². The molecule has 1 fully saturated rings. The van der Waals surface area contributed by atoms with E-state index in [1.54, 1.807) is 0 Å². The number of unbranched alkanes of at least 4 members (excludes halogenated alkanes) is 1. The number of aliphatic hydroxyl groups excluding tert-OH is 1. The Hall–Kier alpha value is -0.500. The molecule has 0 radical (unpaired) electrons. The van der Waals surface area contributed by atoms with E-state index >= 15 is 0 Å². The molecular weight excluding hydrogens is 287 g/mol. The van der Waals surface area contributed by atoms with Crippen LogP contribution in [0.25, 0.3) is 0 Å². The molecule has 20 heavy (non-hydrogen) atoms. The van der Waals surface area contributed by atoms with Crippen molar-refractivity contribution in [3.63, 3.8) is 0 Å². The van der Waals surface area contributed by atoms with E-state index in [0.29, 0.717) is 25.8 Å². The minimum atomic E-state index is -4.06. The van der Waals surface area contributed by atoms with Gasteiger partial charge in [-0.25, -0.2) is 4.57 Å². The number of amides is 1. The standard InChI is InChI=1S/C11H23N2O6P/c1-18-20(16,17)19-8-9-6-10(14)7-13(9)11(15)4-2-3-5-12/h9-10,14H,2-8,12H2,1H3,(H,16,17)/t9-,10+/m0/s1. The lowest BCUT2D eigenvalue weighted by molar-refractivity contribution is -0.133. The highest BCUT2D eigenvalue weighted by molar-refractivity contribution is 7.47. The van der Waals surface area contributed by atoms with E-state index in [1.165, 1.54) is 4.90 Å². The summed E-state index contributed by atoms with van der Waals surface area (Å²) in [6.45, 7) is 0.615. The van der Waals surface area contributed by atoms with Gasteiger partial charge in [-0.3, -0.25) is 13.8 Å². The summed E-state index contributed by atoms with van der Waals surface area (Å²) in [4.78, 5) is 22.7. The van der Waals surface area contributed by atoms with Gasteiger partial charge < -0.3 is 20.6 Å². The maximum absolute atomic E-state index is 12.0. The second-order valence-corrected chi connectivity index (χ2v) is 6.34. The quantitative estimate of drug-likeness (QED) is 0.420. The smallest absolute Gasteiger partial charge is 0.391 e. The van der Waals surface area contributed by atoms with Gasteiger partial charge in [0.05, 0.1) is 18.8 Å². The average molecular weight is 310 g/mol. The summed E-state index contributed by atoms with van der Waals surface area (Å²) < 4.78 is 20.3. The number of likely N-dealkylation sites (tertiary alicyclic amines) is 1. The van der Waals surface area contributed by atoms with Crippen LogP contribution in [0, 0.1) is 0 Å². The largest absolute Gasteiger partial charge is 0.471 e. The van der Waals surface area contributed by atoms with Crippen LogP contribution in [0.1, 0.15) is 25.7 Å². The zero-order valence-electron chi connectivity index (χ0n) is 11.6. The molecule has 3 atom stereocenters. The van der Waals surface area contributed by atoms with E-state index in [2.05, 4.69) is 4.52 Å². The van der Waals surface area contributed by atoms with Crippen LogP contribution >= 0.6 is 7.82 Å². The molecule has 0 aromatic rings. The lowest BCUT2D eigenvalue weighted by Gasteiger charge is -2.24. The molecule has 1 rings (SSSR count). The van der Waals surface area contributed by atoms with Crippen molar-refractivity contribution >= 4 is 13.7 Å². The summed E-state index contributed by atoms with van der Waals surface area (Å²) in [6, 6.07) is -0.411. The van der Waals surface area contributed by atoms with E-state index < -0.39 is 20.0 Å². The predicted molar refractivity (Wildman–Crippen MR) is 71.8 cm³/mol. The van der Waals surface area contributed by atoms with Gasteiger partial charge in [0, 0.05) is 20.1 Å². The van der Waals surface area contributed by atoms with E-state index in [-0.39, 0.29) is 19.1 Å². The van der Waals surface area contributed by atoms with Crippen molar-refractivity contribution in [1.82, 2.24) is 4.90 Å². The van der Waals surface area contributed by atoms with Crippen LogP contribution in [0.3, 0.4) is 0 Å². The van der Waals surface area contributed by atoms with Gasteiger partial charge in [-0.15, -0.1) is 0 Å². The summed E-state index contributed by atoms with van der Waals surface area (Å²) in [5, 5.41) is 9.64. The molecule has 1 saturated heterocycles. The molecule has 0 aromatic carbocycles. The van der Waals surface area contributed by atoms with Crippen LogP contribution < -0.4 is 5.73 Å². The topological polar surface area (TPSA) is 122 Å². The number of phosphoric ester groups is 1. The Balaban J connectivity index is 2.50. The number of nitrogens with zero attached hydrogens (tertiary/aromatic N) is 1. The summed E-state index contributed by atoms with van der Waals surface area (Å²) >= 11 is 0. The molecule has 0 bridgehead atoms. The molecule has 1 aliphatic rings. The van der Waals surface area contributed by atoms with Crippen molar-refractivity contribution in [3.8, 4) is 0 Å². The van der Waals surface area contributed by atoms with Crippen LogP contribution in [0.5, 0.6) is 0 Å². The maximum atomic E-state index is 12.0. The second-order valence-electron chi connectivity index (χ2n) is 4.78. The Morgan fingerprint density at radius 1 is 1.50 bits per heavy atom. The Morgan fingerprint density at radius 3 is 2.80 bits per heavy atom. The van der Waals surface area contributed by atoms with Gasteiger partial charge in [-0.2, -0.15) is 0 Å². The monoisotopic (exact) mass is 310 g/mol. The molecular formula is C11H23N2O6P. The molecule has 8 nitrogen and oxygen atoms in total. The molecule has 0 aromatic heterocycles. The van der Waals surface area contributed by atoms with Crippen LogP contribution in [-0.2, 0) is 18.4 Å². The Labute approximate surface area is 118 Å². The van der Waals surface area contributed by atoms with Gasteiger partial charge >= 0.3 is 7.82 Å². The second kappa shape index (κ2) is 8.07. The highest BCUT2D eigenvalue weighted by Gasteiger charge is 2.35. The summed E-state index contributed by atoms with van der Waals surface area (Å²) in [6.07, 6.45) is 1.49. The number of aliphatic hydroxyl groups is 1. The lowest BCUT2D eigenvalue weighted by atomic mass is 10.2. The first-order valence-corrected chi connectivity index (χ1v) is 8.10. The minimum absolute atomic E-state index is 0.103. The highest BCUT2D eigenvalue weighted by atomic mass is 31.2. The molecule has 1 unspecified atom stereocenters. The third-order valence-electron chi connectivity index (χ3n) is 3.22. The SMILES string of the molecule is COP(=O)(O)OC[C@@H]1C[C@@H](O)CN1C(=O)CCCCN. The fourth-order valence-electron chi connectivity index (χ4n) is 2.15. The normalized spacial score (nSPS) is 25.7. The third kappa shape index (κ3) is 5.47. The third-order valence-corrected chi connectivity index (χ3v) is 4.16. The molecule has 9 heteroatoms. The van der Waals surface area contributed by atoms with Crippen molar-refractivity contribution in [3.05, 3.63) is 0 Å². The van der Waals surface area contributed by atoms with E-state index in [1.807, 2.05) is 0 Å². The summed E-state index contributed by atoms with van der Waals surface area (Å²) in [7, 11) is -3.00. The Kier molecular flexibility index (Phi) is 7.08. The van der Waals surface area contributed by atoms with E-state index in [4.69, 9.17) is 10.3 Å². The highest BCUT2D eigenvalue weighted by Crippen LogP contribution is 2.42. The number of nitrogens with two attached hydrogens (primary N) is 1. The number of carbonyl (C=O) groups is 1. The first-order chi connectivity index (χ1) is 9.39. The molecule has 0 spiro atoms. The molecule has 1 heterocycles. The first-order valence-electron chi connectivity index (χ1n) is 6.60. The zero-order valence-corrected chi connectivity index (χ0v) is 12.5. The van der Waals surface area contributed by atoms with Crippen molar-refractivity contribution < 1.29 is 28.4 Å². The minimum Gasteiger partial charge on any atom is -0.391 e. The van der Waals surface area contributed by atoms with Gasteiger partial charge in [0.15, 0.2) is 0 Å². The average Bonchev–Trinajstić information content (AvgIpc) is 2.78. The van der Waals surface area contributed by atoms with Gasteiger partial charge in [0.25, 0.3) is 0 Å². The van der Waals surface area contributed by atoms with Gasteiger partial charge in [0.1, 0.15) is 0 Å². The van der Waals surface area contributed by atoms with Crippen molar-refractivity contribution in [1.29, 1.82) is 0 Å². The van der Waals surface area contributed by atoms with Crippen LogP contribution in [0.4, 0.5) is 0 Å². The number of carbonyl (C=O) groups excluding carboxylic acids is 1. The maximum Gasteiger partial charge on any atom is 0.471 e. The summed E-state index contributed by atoms with van der Waals surface area (Å²) in [5.41, 5.74) is 5.37. The molecule has 0 saturated carbocycles. The number of rotatable bonds is 8. The van der Waals surface area contributed by atoms with Gasteiger partial charge in [0.2, 0.25) is 5.91 Å². The predicted octanol–water partition coefficient (Wildman–Crippen LogP) is -0.159. The van der Waals surface area contributed by atoms with Crippen LogP contribution in [0.2, 0.25) is 0 Å².